The maximum absolute atomic E-state index is 12.7. The number of rotatable bonds is 10. The van der Waals surface area contributed by atoms with Gasteiger partial charge in [0.25, 0.3) is 5.56 Å². The van der Waals surface area contributed by atoms with Gasteiger partial charge in [-0.25, -0.2) is 4.79 Å². The number of pyridine rings is 1. The van der Waals surface area contributed by atoms with Crippen LogP contribution >= 0.6 is 0 Å². The Kier molecular flexibility index (Phi) is 8.70. The first kappa shape index (κ1) is 27.9. The molecule has 4 aromatic rings. The maximum atomic E-state index is 12.7. The van der Waals surface area contributed by atoms with Gasteiger partial charge in [0.05, 0.1) is 0 Å². The van der Waals surface area contributed by atoms with Crippen LogP contribution in [0.2, 0.25) is 0 Å². The minimum absolute atomic E-state index is 0.0323. The lowest BCUT2D eigenvalue weighted by molar-refractivity contribution is -0.145. The van der Waals surface area contributed by atoms with E-state index in [0.717, 1.165) is 40.7 Å². The van der Waals surface area contributed by atoms with Crippen LogP contribution in [-0.4, -0.2) is 21.7 Å². The molecule has 0 aliphatic carbocycles. The molecule has 1 atom stereocenters. The van der Waals surface area contributed by atoms with Crippen molar-refractivity contribution in [3.05, 3.63) is 113 Å². The summed E-state index contributed by atoms with van der Waals surface area (Å²) in [5.41, 5.74) is 6.76. The predicted molar refractivity (Wildman–Crippen MR) is 157 cm³/mol. The van der Waals surface area contributed by atoms with E-state index in [-0.39, 0.29) is 11.0 Å². The number of nitrogens with zero attached hydrogens (tertiary/aromatic N) is 1. The summed E-state index contributed by atoms with van der Waals surface area (Å²) in [6.07, 6.45) is 2.99. The van der Waals surface area contributed by atoms with Crippen molar-refractivity contribution in [3.8, 4) is 28.0 Å². The maximum Gasteiger partial charge on any atom is 0.344 e. The normalized spacial score (nSPS) is 12.2. The molecule has 0 saturated heterocycles. The zero-order valence-corrected chi connectivity index (χ0v) is 23.2. The summed E-state index contributed by atoms with van der Waals surface area (Å²) >= 11 is 0. The van der Waals surface area contributed by atoms with E-state index in [1.165, 1.54) is 5.56 Å². The van der Waals surface area contributed by atoms with Crippen LogP contribution in [0.5, 0.6) is 5.75 Å². The van der Waals surface area contributed by atoms with Crippen LogP contribution in [0, 0.1) is 0 Å². The van der Waals surface area contributed by atoms with Crippen molar-refractivity contribution in [2.45, 2.75) is 65.0 Å². The molecule has 0 aliphatic heterocycles. The van der Waals surface area contributed by atoms with Gasteiger partial charge in [0.1, 0.15) is 5.75 Å². The van der Waals surface area contributed by atoms with Crippen LogP contribution < -0.4 is 10.3 Å². The summed E-state index contributed by atoms with van der Waals surface area (Å²) in [6, 6.07) is 28.1. The van der Waals surface area contributed by atoms with Crippen LogP contribution in [-0.2, 0) is 23.2 Å². The van der Waals surface area contributed by atoms with Gasteiger partial charge in [-0.2, -0.15) is 0 Å². The van der Waals surface area contributed by atoms with Crippen LogP contribution in [0.3, 0.4) is 0 Å². The fourth-order valence-corrected chi connectivity index (χ4v) is 4.70. The number of carboxylic acid groups (broad SMARTS) is 1. The molecule has 0 saturated carbocycles. The molecule has 0 amide bonds. The number of aromatic nitrogens is 1. The first-order valence-corrected chi connectivity index (χ1v) is 13.5. The van der Waals surface area contributed by atoms with Crippen LogP contribution in [0.4, 0.5) is 0 Å². The largest absolute Gasteiger partial charge is 0.479 e. The molecule has 1 unspecified atom stereocenters. The van der Waals surface area contributed by atoms with Crippen molar-refractivity contribution in [1.82, 2.24) is 4.57 Å². The lowest BCUT2D eigenvalue weighted by Gasteiger charge is -2.19. The van der Waals surface area contributed by atoms with E-state index < -0.39 is 12.1 Å². The fourth-order valence-electron chi connectivity index (χ4n) is 4.70. The van der Waals surface area contributed by atoms with Gasteiger partial charge in [0.15, 0.2) is 6.10 Å². The van der Waals surface area contributed by atoms with E-state index >= 15 is 0 Å². The number of carbonyl (C=O) groups is 1. The standard InChI is InChI=1S/C34H37NO4/c1-5-31(33(37)38)39-28-12-8-10-24(22-28)11-9-21-35-23-26(17-20-32(35)36)30-14-7-6-13-29(30)25-15-18-27(19-16-25)34(2,3)4/h6-8,10,12-20,22-23,31H,5,9,11,21H2,1-4H3,(H,37,38). The zero-order chi connectivity index (χ0) is 28.0. The summed E-state index contributed by atoms with van der Waals surface area (Å²) in [7, 11) is 0. The monoisotopic (exact) mass is 523 g/mol. The Balaban J connectivity index is 1.50. The summed E-state index contributed by atoms with van der Waals surface area (Å²) in [4.78, 5) is 24.0. The fraction of sp³-hybridized carbons (Fsp3) is 0.294. The third-order valence-electron chi connectivity index (χ3n) is 6.97. The minimum Gasteiger partial charge on any atom is -0.479 e. The highest BCUT2D eigenvalue weighted by molar-refractivity contribution is 5.83. The highest BCUT2D eigenvalue weighted by Crippen LogP contribution is 2.33. The molecule has 0 bridgehead atoms. The number of aliphatic carboxylic acids is 1. The quantitative estimate of drug-likeness (QED) is 0.236. The number of ether oxygens (including phenoxy) is 1. The topological polar surface area (TPSA) is 68.5 Å². The molecule has 202 valence electrons. The Labute approximate surface area is 230 Å². The summed E-state index contributed by atoms with van der Waals surface area (Å²) in [5, 5.41) is 9.27. The van der Waals surface area contributed by atoms with Crippen LogP contribution in [0.15, 0.2) is 95.9 Å². The lowest BCUT2D eigenvalue weighted by atomic mass is 9.85. The molecule has 0 spiro atoms. The zero-order valence-electron chi connectivity index (χ0n) is 23.2. The average Bonchev–Trinajstić information content (AvgIpc) is 2.92. The molecule has 39 heavy (non-hydrogen) atoms. The Morgan fingerprint density at radius 1 is 0.897 bits per heavy atom. The molecule has 5 nitrogen and oxygen atoms in total. The number of aryl methyl sites for hydroxylation is 2. The van der Waals surface area contributed by atoms with Crippen molar-refractivity contribution < 1.29 is 14.6 Å². The van der Waals surface area contributed by atoms with E-state index in [0.29, 0.717) is 18.7 Å². The van der Waals surface area contributed by atoms with Crippen molar-refractivity contribution in [2.24, 2.45) is 0 Å². The summed E-state index contributed by atoms with van der Waals surface area (Å²) < 4.78 is 7.40. The molecule has 5 heteroatoms. The van der Waals surface area contributed by atoms with Crippen molar-refractivity contribution in [2.75, 3.05) is 0 Å². The first-order chi connectivity index (χ1) is 18.7. The summed E-state index contributed by atoms with van der Waals surface area (Å²) in [6.45, 7) is 9.00. The van der Waals surface area contributed by atoms with Crippen LogP contribution in [0.1, 0.15) is 51.7 Å². The third kappa shape index (κ3) is 7.05. The first-order valence-electron chi connectivity index (χ1n) is 13.5. The van der Waals surface area contributed by atoms with Crippen molar-refractivity contribution in [3.63, 3.8) is 0 Å². The highest BCUT2D eigenvalue weighted by atomic mass is 16.5. The van der Waals surface area contributed by atoms with E-state index in [9.17, 15) is 14.7 Å². The number of carboxylic acids is 1. The van der Waals surface area contributed by atoms with Gasteiger partial charge in [0, 0.05) is 18.8 Å². The van der Waals surface area contributed by atoms with Gasteiger partial charge in [-0.15, -0.1) is 0 Å². The molecule has 1 heterocycles. The molecule has 0 fully saturated rings. The molecular formula is C34H37NO4. The number of hydrogen-bond donors (Lipinski definition) is 1. The molecule has 0 aliphatic rings. The molecule has 3 aromatic carbocycles. The van der Waals surface area contributed by atoms with Crippen molar-refractivity contribution in [1.29, 1.82) is 0 Å². The summed E-state index contributed by atoms with van der Waals surface area (Å²) in [5.74, 6) is -0.418. The Morgan fingerprint density at radius 3 is 2.21 bits per heavy atom. The Morgan fingerprint density at radius 2 is 1.56 bits per heavy atom. The second-order valence-corrected chi connectivity index (χ2v) is 10.9. The molecule has 1 aromatic heterocycles. The van der Waals surface area contributed by atoms with Gasteiger partial charge in [0.2, 0.25) is 0 Å². The smallest absolute Gasteiger partial charge is 0.344 e. The Bertz CT molecular complexity index is 1480. The minimum atomic E-state index is -0.967. The lowest BCUT2D eigenvalue weighted by Crippen LogP contribution is -2.25. The van der Waals surface area contributed by atoms with E-state index in [1.54, 1.807) is 23.6 Å². The SMILES string of the molecule is CCC(Oc1cccc(CCCn2cc(-c3ccccc3-c3ccc(C(C)(C)C)cc3)ccc2=O)c1)C(=O)O. The van der Waals surface area contributed by atoms with E-state index in [2.05, 4.69) is 57.2 Å². The molecule has 0 radical (unpaired) electrons. The second-order valence-electron chi connectivity index (χ2n) is 10.9. The molecular weight excluding hydrogens is 486 g/mol. The average molecular weight is 524 g/mol. The van der Waals surface area contributed by atoms with Gasteiger partial charge < -0.3 is 14.4 Å². The van der Waals surface area contributed by atoms with E-state index in [4.69, 9.17) is 4.74 Å². The number of hydrogen-bond acceptors (Lipinski definition) is 3. The van der Waals surface area contributed by atoms with Gasteiger partial charge in [-0.05, 0) is 76.3 Å². The molecule has 4 rings (SSSR count). The van der Waals surface area contributed by atoms with Crippen LogP contribution in [0.25, 0.3) is 22.3 Å². The van der Waals surface area contributed by atoms with Crippen molar-refractivity contribution >= 4 is 5.97 Å². The van der Waals surface area contributed by atoms with Gasteiger partial charge in [-0.1, -0.05) is 88.4 Å². The predicted octanol–water partition coefficient (Wildman–Crippen LogP) is 7.35. The second kappa shape index (κ2) is 12.2. The number of benzene rings is 3. The highest BCUT2D eigenvalue weighted by Gasteiger charge is 2.17. The van der Waals surface area contributed by atoms with Gasteiger partial charge >= 0.3 is 5.97 Å². The van der Waals surface area contributed by atoms with Gasteiger partial charge in [-0.3, -0.25) is 4.79 Å². The third-order valence-corrected chi connectivity index (χ3v) is 6.97. The Hall–Kier alpha value is -4.12. The molecule has 1 N–H and O–H groups in total. The van der Waals surface area contributed by atoms with E-state index in [1.807, 2.05) is 42.6 Å².